The van der Waals surface area contributed by atoms with Gasteiger partial charge in [0.25, 0.3) is 0 Å². The summed E-state index contributed by atoms with van der Waals surface area (Å²) in [4.78, 5) is 2.27. The molecular formula is C33H38Cl3N3+2. The maximum absolute atomic E-state index is 7.13. The number of hydrogen-bond donors (Lipinski definition) is 0. The molecule has 0 N–H and O–H groups in total. The number of nitrogens with zero attached hydrogens (tertiary/aromatic N) is 3. The smallest absolute Gasteiger partial charge is 0.209 e. The number of hydrogen-bond acceptors (Lipinski definition) is 1. The predicted molar refractivity (Wildman–Crippen MR) is 168 cm³/mol. The largest absolute Gasteiger partial charge is 0.347 e. The van der Waals surface area contributed by atoms with Gasteiger partial charge in [0.1, 0.15) is 20.1 Å². The molecule has 0 saturated heterocycles. The molecule has 2 aromatic carbocycles. The molecule has 3 aliphatic heterocycles. The van der Waals surface area contributed by atoms with Crippen LogP contribution >= 0.6 is 34.8 Å². The van der Waals surface area contributed by atoms with Crippen LogP contribution in [0.15, 0.2) is 82.6 Å². The van der Waals surface area contributed by atoms with E-state index < -0.39 is 0 Å². The lowest BCUT2D eigenvalue weighted by Gasteiger charge is -2.35. The van der Waals surface area contributed by atoms with E-state index in [1.807, 2.05) is 12.1 Å². The first kappa shape index (κ1) is 28.2. The molecule has 0 radical (unpaired) electrons. The van der Waals surface area contributed by atoms with Crippen molar-refractivity contribution in [2.75, 3.05) is 46.2 Å². The molecule has 3 nitrogen and oxygen atoms in total. The van der Waals surface area contributed by atoms with Gasteiger partial charge in [0.15, 0.2) is 5.71 Å². The Bertz CT molecular complexity index is 1530. The van der Waals surface area contributed by atoms with Gasteiger partial charge < -0.3 is 9.38 Å². The summed E-state index contributed by atoms with van der Waals surface area (Å²) in [6.45, 7) is 10.8. The van der Waals surface area contributed by atoms with Gasteiger partial charge in [-0.2, -0.15) is 4.58 Å². The summed E-state index contributed by atoms with van der Waals surface area (Å²) in [5, 5.41) is 2.38. The van der Waals surface area contributed by atoms with Crippen LogP contribution in [0.1, 0.15) is 38.8 Å². The molecule has 2 aromatic rings. The molecule has 0 aliphatic carbocycles. The van der Waals surface area contributed by atoms with Crippen LogP contribution in [0.3, 0.4) is 0 Å². The Morgan fingerprint density at radius 1 is 0.846 bits per heavy atom. The lowest BCUT2D eigenvalue weighted by atomic mass is 9.81. The third-order valence-corrected chi connectivity index (χ3v) is 9.59. The van der Waals surface area contributed by atoms with E-state index in [4.69, 9.17) is 34.8 Å². The maximum Gasteiger partial charge on any atom is 0.209 e. The third kappa shape index (κ3) is 4.82. The summed E-state index contributed by atoms with van der Waals surface area (Å²) in [6.07, 6.45) is 8.91. The molecule has 6 heteroatoms. The fourth-order valence-electron chi connectivity index (χ4n) is 6.55. The molecule has 204 valence electrons. The Kier molecular flexibility index (Phi) is 7.00. The SMILES string of the molecule is CN1/C(=C/C=C2\C[N+](C)(C)CC(/C=C/C3=[N+](C)c4ccc(Cl)cc4C3(C)C)=C2Cl)C(C)(C)c2cc(Cl)ccc21. The van der Waals surface area contributed by atoms with Crippen molar-refractivity contribution < 1.29 is 9.06 Å². The van der Waals surface area contributed by atoms with Crippen LogP contribution < -0.4 is 4.90 Å². The van der Waals surface area contributed by atoms with Crippen molar-refractivity contribution in [3.8, 4) is 0 Å². The molecule has 0 amide bonds. The Labute approximate surface area is 248 Å². The Morgan fingerprint density at radius 2 is 1.49 bits per heavy atom. The number of halogens is 3. The summed E-state index contributed by atoms with van der Waals surface area (Å²) >= 11 is 19.8. The first-order valence-corrected chi connectivity index (χ1v) is 14.5. The monoisotopic (exact) mass is 581 g/mol. The van der Waals surface area contributed by atoms with Gasteiger partial charge in [-0.15, -0.1) is 0 Å². The van der Waals surface area contributed by atoms with Crippen LogP contribution in [0.2, 0.25) is 10.0 Å². The number of allylic oxidation sites excluding steroid dienone is 4. The molecule has 0 saturated carbocycles. The molecule has 5 rings (SSSR count). The van der Waals surface area contributed by atoms with Gasteiger partial charge in [-0.3, -0.25) is 0 Å². The summed E-state index contributed by atoms with van der Waals surface area (Å²) in [7, 11) is 8.78. The van der Waals surface area contributed by atoms with Gasteiger partial charge >= 0.3 is 0 Å². The van der Waals surface area contributed by atoms with Crippen molar-refractivity contribution >= 4 is 51.9 Å². The van der Waals surface area contributed by atoms with E-state index in [-0.39, 0.29) is 10.8 Å². The van der Waals surface area contributed by atoms with Crippen LogP contribution in [0.5, 0.6) is 0 Å². The molecule has 3 heterocycles. The minimum absolute atomic E-state index is 0.156. The lowest BCUT2D eigenvalue weighted by Crippen LogP contribution is -2.45. The molecule has 0 bridgehead atoms. The van der Waals surface area contributed by atoms with Gasteiger partial charge in [-0.05, 0) is 61.9 Å². The number of likely N-dealkylation sites (N-methyl/N-ethyl adjacent to an activating group) is 2. The van der Waals surface area contributed by atoms with E-state index in [9.17, 15) is 0 Å². The first-order chi connectivity index (χ1) is 18.1. The number of fused-ring (bicyclic) bond motifs is 2. The number of anilines is 1. The quantitative estimate of drug-likeness (QED) is 0.260. The zero-order valence-corrected chi connectivity index (χ0v) is 26.4. The number of rotatable bonds is 3. The zero-order valence-electron chi connectivity index (χ0n) is 24.2. The fraction of sp³-hybridized carbons (Fsp3) is 0.364. The van der Waals surface area contributed by atoms with Crippen molar-refractivity contribution in [1.82, 2.24) is 0 Å². The predicted octanol–water partition coefficient (Wildman–Crippen LogP) is 8.38. The van der Waals surface area contributed by atoms with E-state index in [0.29, 0.717) is 0 Å². The van der Waals surface area contributed by atoms with Gasteiger partial charge in [0.2, 0.25) is 5.69 Å². The van der Waals surface area contributed by atoms with Gasteiger partial charge in [-0.25, -0.2) is 0 Å². The Hall–Kier alpha value is -2.30. The highest BCUT2D eigenvalue weighted by Crippen LogP contribution is 2.48. The van der Waals surface area contributed by atoms with Crippen LogP contribution in [0, 0.1) is 0 Å². The second-order valence-corrected chi connectivity index (χ2v) is 14.0. The average Bonchev–Trinajstić information content (AvgIpc) is 3.15. The van der Waals surface area contributed by atoms with Crippen molar-refractivity contribution in [2.24, 2.45) is 0 Å². The van der Waals surface area contributed by atoms with Crippen LogP contribution in [-0.2, 0) is 10.8 Å². The second kappa shape index (κ2) is 9.66. The van der Waals surface area contributed by atoms with Crippen LogP contribution in [0.25, 0.3) is 0 Å². The number of benzene rings is 2. The number of quaternary nitrogens is 1. The minimum atomic E-state index is -0.156. The van der Waals surface area contributed by atoms with E-state index >= 15 is 0 Å². The van der Waals surface area contributed by atoms with E-state index in [1.54, 1.807) is 0 Å². The minimum Gasteiger partial charge on any atom is -0.347 e. The molecule has 0 fully saturated rings. The topological polar surface area (TPSA) is 6.25 Å². The van der Waals surface area contributed by atoms with Crippen molar-refractivity contribution in [2.45, 2.75) is 38.5 Å². The van der Waals surface area contributed by atoms with Gasteiger partial charge in [0.05, 0.1) is 24.5 Å². The molecule has 0 unspecified atom stereocenters. The van der Waals surface area contributed by atoms with Crippen molar-refractivity contribution in [3.05, 3.63) is 104 Å². The highest BCUT2D eigenvalue weighted by atomic mass is 35.5. The second-order valence-electron chi connectivity index (χ2n) is 12.7. The normalized spacial score (nSPS) is 23.4. The highest BCUT2D eigenvalue weighted by Gasteiger charge is 2.43. The maximum atomic E-state index is 7.13. The Balaban J connectivity index is 1.51. The summed E-state index contributed by atoms with van der Waals surface area (Å²) in [5.41, 5.74) is 9.33. The highest BCUT2D eigenvalue weighted by molar-refractivity contribution is 6.33. The third-order valence-electron chi connectivity index (χ3n) is 8.64. The fourth-order valence-corrected chi connectivity index (χ4v) is 7.14. The summed E-state index contributed by atoms with van der Waals surface area (Å²) in [5.74, 6) is 0. The van der Waals surface area contributed by atoms with Crippen molar-refractivity contribution in [1.29, 1.82) is 0 Å². The van der Waals surface area contributed by atoms with Crippen LogP contribution in [0.4, 0.5) is 11.4 Å². The van der Waals surface area contributed by atoms with E-state index in [1.165, 1.54) is 33.9 Å². The summed E-state index contributed by atoms with van der Waals surface area (Å²) < 4.78 is 3.10. The first-order valence-electron chi connectivity index (χ1n) is 13.4. The lowest BCUT2D eigenvalue weighted by molar-refractivity contribution is -0.881. The van der Waals surface area contributed by atoms with E-state index in [2.05, 4.69) is 114 Å². The van der Waals surface area contributed by atoms with Crippen molar-refractivity contribution in [3.63, 3.8) is 0 Å². The van der Waals surface area contributed by atoms with Gasteiger partial charge in [-0.1, -0.05) is 54.7 Å². The molecule has 3 aliphatic rings. The molecule has 0 aromatic heterocycles. The average molecular weight is 583 g/mol. The Morgan fingerprint density at radius 3 is 2.18 bits per heavy atom. The van der Waals surface area contributed by atoms with Crippen LogP contribution in [-0.4, -0.2) is 56.1 Å². The zero-order chi connectivity index (χ0) is 28.5. The standard InChI is InChI=1S/C33H38Cl3N3/c1-32(2)25-17-23(34)11-13-27(25)37(5)29(32)15-9-21-19-39(7,8)20-22(31(21)36)10-16-30-33(3,4)26-18-24(35)12-14-28(26)38(30)6/h9-18H,19-20H2,1-8H3/q+2. The van der Waals surface area contributed by atoms with E-state index in [0.717, 1.165) is 43.8 Å². The summed E-state index contributed by atoms with van der Waals surface area (Å²) in [6, 6.07) is 12.3. The molecule has 0 atom stereocenters. The molecule has 0 spiro atoms. The molecular weight excluding hydrogens is 545 g/mol. The van der Waals surface area contributed by atoms with Gasteiger partial charge in [0, 0.05) is 62.7 Å². The molecule has 39 heavy (non-hydrogen) atoms.